The lowest BCUT2D eigenvalue weighted by Gasteiger charge is -2.13. The minimum Gasteiger partial charge on any atom is -0.496 e. The quantitative estimate of drug-likeness (QED) is 0.734. The summed E-state index contributed by atoms with van der Waals surface area (Å²) in [6.45, 7) is 0. The van der Waals surface area contributed by atoms with Gasteiger partial charge in [-0.05, 0) is 18.1 Å². The van der Waals surface area contributed by atoms with Crippen molar-refractivity contribution in [2.75, 3.05) is 7.11 Å². The molecule has 0 radical (unpaired) electrons. The van der Waals surface area contributed by atoms with Crippen LogP contribution in [0, 0.1) is 0 Å². The lowest BCUT2D eigenvalue weighted by atomic mass is 10.0. The van der Waals surface area contributed by atoms with E-state index in [0.29, 0.717) is 0 Å². The zero-order valence-electron chi connectivity index (χ0n) is 9.77. The molecule has 1 atom stereocenters. The standard InChI is InChI=1S/C15H15ClO/c1-17-15-10-6-5-9-13(15)14(16)11-12-7-3-2-4-8-12/h2-10,14H,11H2,1H3. The summed E-state index contributed by atoms with van der Waals surface area (Å²) >= 11 is 6.44. The topological polar surface area (TPSA) is 9.23 Å². The van der Waals surface area contributed by atoms with Crippen molar-refractivity contribution in [2.45, 2.75) is 11.8 Å². The molecule has 0 saturated carbocycles. The van der Waals surface area contributed by atoms with Gasteiger partial charge in [0, 0.05) is 5.56 Å². The second kappa shape index (κ2) is 5.74. The van der Waals surface area contributed by atoms with Crippen LogP contribution >= 0.6 is 11.6 Å². The number of methoxy groups -OCH3 is 1. The van der Waals surface area contributed by atoms with Gasteiger partial charge in [0.2, 0.25) is 0 Å². The number of halogens is 1. The average molecular weight is 247 g/mol. The normalized spacial score (nSPS) is 12.1. The van der Waals surface area contributed by atoms with Crippen LogP contribution in [0.5, 0.6) is 5.75 Å². The van der Waals surface area contributed by atoms with Crippen molar-refractivity contribution in [1.82, 2.24) is 0 Å². The number of ether oxygens (including phenoxy) is 1. The summed E-state index contributed by atoms with van der Waals surface area (Å²) in [7, 11) is 1.67. The Balaban J connectivity index is 2.17. The SMILES string of the molecule is COc1ccccc1C(Cl)Cc1ccccc1. The average Bonchev–Trinajstić information content (AvgIpc) is 2.40. The van der Waals surface area contributed by atoms with Gasteiger partial charge in [0.15, 0.2) is 0 Å². The summed E-state index contributed by atoms with van der Waals surface area (Å²) in [5.74, 6) is 0.850. The number of hydrogen-bond donors (Lipinski definition) is 0. The zero-order chi connectivity index (χ0) is 12.1. The molecule has 1 nitrogen and oxygen atoms in total. The molecule has 0 saturated heterocycles. The van der Waals surface area contributed by atoms with E-state index in [0.717, 1.165) is 17.7 Å². The number of para-hydroxylation sites is 1. The van der Waals surface area contributed by atoms with Gasteiger partial charge in [-0.2, -0.15) is 0 Å². The summed E-state index contributed by atoms with van der Waals surface area (Å²) in [6.07, 6.45) is 0.808. The molecule has 0 aliphatic carbocycles. The van der Waals surface area contributed by atoms with Gasteiger partial charge in [-0.25, -0.2) is 0 Å². The minimum absolute atomic E-state index is 0.0615. The smallest absolute Gasteiger partial charge is 0.123 e. The third-order valence-electron chi connectivity index (χ3n) is 2.73. The van der Waals surface area contributed by atoms with E-state index in [4.69, 9.17) is 16.3 Å². The molecule has 0 fully saturated rings. The summed E-state index contributed by atoms with van der Waals surface area (Å²) < 4.78 is 5.32. The lowest BCUT2D eigenvalue weighted by molar-refractivity contribution is 0.409. The largest absolute Gasteiger partial charge is 0.496 e. The third kappa shape index (κ3) is 3.01. The van der Waals surface area contributed by atoms with Crippen LogP contribution < -0.4 is 4.74 Å². The van der Waals surface area contributed by atoms with Crippen molar-refractivity contribution in [2.24, 2.45) is 0 Å². The molecule has 0 amide bonds. The first-order valence-electron chi connectivity index (χ1n) is 5.62. The van der Waals surface area contributed by atoms with Gasteiger partial charge >= 0.3 is 0 Å². The van der Waals surface area contributed by atoms with Gasteiger partial charge < -0.3 is 4.74 Å². The van der Waals surface area contributed by atoms with Crippen LogP contribution in [-0.2, 0) is 6.42 Å². The molecule has 0 aliphatic rings. The van der Waals surface area contributed by atoms with Crippen molar-refractivity contribution in [1.29, 1.82) is 0 Å². The van der Waals surface area contributed by atoms with Crippen molar-refractivity contribution >= 4 is 11.6 Å². The first-order valence-corrected chi connectivity index (χ1v) is 6.06. The molecule has 0 heterocycles. The van der Waals surface area contributed by atoms with E-state index in [9.17, 15) is 0 Å². The van der Waals surface area contributed by atoms with Crippen molar-refractivity contribution in [3.05, 3.63) is 65.7 Å². The molecule has 88 valence electrons. The maximum absolute atomic E-state index is 6.44. The van der Waals surface area contributed by atoms with E-state index < -0.39 is 0 Å². The van der Waals surface area contributed by atoms with Crippen LogP contribution in [0.2, 0.25) is 0 Å². The Morgan fingerprint density at radius 2 is 1.65 bits per heavy atom. The van der Waals surface area contributed by atoms with Crippen molar-refractivity contribution < 1.29 is 4.74 Å². The lowest BCUT2D eigenvalue weighted by Crippen LogP contribution is -1.98. The fraction of sp³-hybridized carbons (Fsp3) is 0.200. The van der Waals surface area contributed by atoms with Crippen molar-refractivity contribution in [3.63, 3.8) is 0 Å². The summed E-state index contributed by atoms with van der Waals surface area (Å²) in [5, 5.41) is -0.0615. The molecule has 2 aromatic rings. The molecule has 0 aromatic heterocycles. The second-order valence-corrected chi connectivity index (χ2v) is 4.43. The van der Waals surface area contributed by atoms with E-state index in [1.54, 1.807) is 7.11 Å². The first kappa shape index (κ1) is 12.0. The minimum atomic E-state index is -0.0615. The molecule has 2 rings (SSSR count). The molecule has 0 spiro atoms. The molecule has 1 unspecified atom stereocenters. The molecule has 0 bridgehead atoms. The van der Waals surface area contributed by atoms with Crippen LogP contribution in [0.15, 0.2) is 54.6 Å². The van der Waals surface area contributed by atoms with Gasteiger partial charge in [0.05, 0.1) is 12.5 Å². The predicted molar refractivity (Wildman–Crippen MR) is 71.7 cm³/mol. The Hall–Kier alpha value is -1.47. The maximum atomic E-state index is 6.44. The van der Waals surface area contributed by atoms with Crippen LogP contribution in [0.25, 0.3) is 0 Å². The van der Waals surface area contributed by atoms with Crippen LogP contribution in [0.4, 0.5) is 0 Å². The summed E-state index contributed by atoms with van der Waals surface area (Å²) in [6, 6.07) is 18.1. The fourth-order valence-corrected chi connectivity index (χ4v) is 2.21. The van der Waals surface area contributed by atoms with Crippen molar-refractivity contribution in [3.8, 4) is 5.75 Å². The molecular formula is C15H15ClO. The Kier molecular flexibility index (Phi) is 4.05. The summed E-state index contributed by atoms with van der Waals surface area (Å²) in [5.41, 5.74) is 2.28. The highest BCUT2D eigenvalue weighted by atomic mass is 35.5. The third-order valence-corrected chi connectivity index (χ3v) is 3.12. The predicted octanol–water partition coefficient (Wildman–Crippen LogP) is 4.22. The Morgan fingerprint density at radius 3 is 2.35 bits per heavy atom. The van der Waals surface area contributed by atoms with Gasteiger partial charge in [-0.1, -0.05) is 48.5 Å². The number of alkyl halides is 1. The molecule has 0 aliphatic heterocycles. The zero-order valence-corrected chi connectivity index (χ0v) is 10.5. The highest BCUT2D eigenvalue weighted by Crippen LogP contribution is 2.31. The summed E-state index contributed by atoms with van der Waals surface area (Å²) in [4.78, 5) is 0. The van der Waals surface area contributed by atoms with Gasteiger partial charge in [0.25, 0.3) is 0 Å². The number of benzene rings is 2. The number of rotatable bonds is 4. The van der Waals surface area contributed by atoms with E-state index in [1.165, 1.54) is 5.56 Å². The van der Waals surface area contributed by atoms with E-state index in [2.05, 4.69) is 12.1 Å². The van der Waals surface area contributed by atoms with Gasteiger partial charge in [-0.3, -0.25) is 0 Å². The fourth-order valence-electron chi connectivity index (χ4n) is 1.86. The molecule has 0 N–H and O–H groups in total. The monoisotopic (exact) mass is 246 g/mol. The number of hydrogen-bond acceptors (Lipinski definition) is 1. The molecule has 17 heavy (non-hydrogen) atoms. The van der Waals surface area contributed by atoms with Gasteiger partial charge in [-0.15, -0.1) is 11.6 Å². The molecular weight excluding hydrogens is 232 g/mol. The maximum Gasteiger partial charge on any atom is 0.123 e. The molecule has 2 aromatic carbocycles. The molecule has 2 heteroatoms. The van der Waals surface area contributed by atoms with E-state index in [-0.39, 0.29) is 5.38 Å². The van der Waals surface area contributed by atoms with Crippen LogP contribution in [0.1, 0.15) is 16.5 Å². The van der Waals surface area contributed by atoms with E-state index in [1.807, 2.05) is 42.5 Å². The van der Waals surface area contributed by atoms with E-state index >= 15 is 0 Å². The second-order valence-electron chi connectivity index (χ2n) is 3.90. The Labute approximate surface area is 107 Å². The highest BCUT2D eigenvalue weighted by molar-refractivity contribution is 6.21. The first-order chi connectivity index (χ1) is 8.31. The van der Waals surface area contributed by atoms with Crippen LogP contribution in [-0.4, -0.2) is 7.11 Å². The Bertz CT molecular complexity index is 467. The highest BCUT2D eigenvalue weighted by Gasteiger charge is 2.13. The Morgan fingerprint density at radius 1 is 1.00 bits per heavy atom. The van der Waals surface area contributed by atoms with Crippen LogP contribution in [0.3, 0.4) is 0 Å². The van der Waals surface area contributed by atoms with Gasteiger partial charge in [0.1, 0.15) is 5.75 Å².